The first-order valence-corrected chi connectivity index (χ1v) is 6.76. The van der Waals surface area contributed by atoms with Crippen LogP contribution in [0.2, 0.25) is 0 Å². The van der Waals surface area contributed by atoms with E-state index >= 15 is 0 Å². The molecule has 19 heavy (non-hydrogen) atoms. The summed E-state index contributed by atoms with van der Waals surface area (Å²) < 4.78 is 6.19. The number of anilines is 1. The molecule has 1 aromatic heterocycles. The van der Waals surface area contributed by atoms with Gasteiger partial charge in [0.25, 0.3) is 0 Å². The molecule has 1 atom stereocenters. The number of hydrogen-bond donors (Lipinski definition) is 2. The summed E-state index contributed by atoms with van der Waals surface area (Å²) in [5, 5.41) is 5.92. The van der Waals surface area contributed by atoms with E-state index < -0.39 is 0 Å². The van der Waals surface area contributed by atoms with Crippen LogP contribution < -0.4 is 10.6 Å². The predicted molar refractivity (Wildman–Crippen MR) is 77.9 cm³/mol. The Morgan fingerprint density at radius 2 is 2.21 bits per heavy atom. The van der Waals surface area contributed by atoms with Crippen molar-refractivity contribution in [2.24, 2.45) is 0 Å². The zero-order chi connectivity index (χ0) is 13.7. The lowest BCUT2D eigenvalue weighted by atomic mass is 10.2. The molecule has 0 bridgehead atoms. The van der Waals surface area contributed by atoms with E-state index in [4.69, 9.17) is 4.42 Å². The van der Waals surface area contributed by atoms with Gasteiger partial charge in [0.15, 0.2) is 0 Å². The van der Waals surface area contributed by atoms with Crippen molar-refractivity contribution in [3.63, 3.8) is 0 Å². The van der Waals surface area contributed by atoms with Gasteiger partial charge in [-0.2, -0.15) is 0 Å². The SMILES string of the molecule is C[C@@H](NCC(=O)Nc1cccc(Br)c1)c1ccco1. The van der Waals surface area contributed by atoms with Crippen molar-refractivity contribution < 1.29 is 9.21 Å². The van der Waals surface area contributed by atoms with Crippen LogP contribution in [-0.4, -0.2) is 12.5 Å². The van der Waals surface area contributed by atoms with Crippen molar-refractivity contribution in [3.8, 4) is 0 Å². The monoisotopic (exact) mass is 322 g/mol. The van der Waals surface area contributed by atoms with Crippen LogP contribution in [0.25, 0.3) is 0 Å². The van der Waals surface area contributed by atoms with Gasteiger partial charge in [0.2, 0.25) is 5.91 Å². The summed E-state index contributed by atoms with van der Waals surface area (Å²) >= 11 is 3.36. The van der Waals surface area contributed by atoms with E-state index in [0.29, 0.717) is 0 Å². The minimum Gasteiger partial charge on any atom is -0.468 e. The molecule has 1 amide bonds. The third-order valence-electron chi connectivity index (χ3n) is 2.65. The average Bonchev–Trinajstić information content (AvgIpc) is 2.90. The Kier molecular flexibility index (Phi) is 4.76. The van der Waals surface area contributed by atoms with Crippen LogP contribution in [0.3, 0.4) is 0 Å². The van der Waals surface area contributed by atoms with Gasteiger partial charge in [-0.15, -0.1) is 0 Å². The largest absolute Gasteiger partial charge is 0.468 e. The fourth-order valence-electron chi connectivity index (χ4n) is 1.66. The lowest BCUT2D eigenvalue weighted by Crippen LogP contribution is -2.29. The van der Waals surface area contributed by atoms with Crippen molar-refractivity contribution in [2.45, 2.75) is 13.0 Å². The standard InChI is InChI=1S/C14H15BrN2O2/c1-10(13-6-3-7-19-13)16-9-14(18)17-12-5-2-4-11(15)8-12/h2-8,10,16H,9H2,1H3,(H,17,18)/t10-/m1/s1. The number of carbonyl (C=O) groups excluding carboxylic acids is 1. The zero-order valence-electron chi connectivity index (χ0n) is 10.5. The summed E-state index contributed by atoms with van der Waals surface area (Å²) in [4.78, 5) is 11.8. The molecule has 0 aliphatic rings. The smallest absolute Gasteiger partial charge is 0.238 e. The molecule has 100 valence electrons. The molecule has 0 aliphatic carbocycles. The molecule has 0 radical (unpaired) electrons. The molecule has 0 spiro atoms. The van der Waals surface area contributed by atoms with E-state index in [1.165, 1.54) is 0 Å². The van der Waals surface area contributed by atoms with E-state index in [9.17, 15) is 4.79 Å². The molecule has 1 aromatic carbocycles. The lowest BCUT2D eigenvalue weighted by Gasteiger charge is -2.11. The first-order chi connectivity index (χ1) is 9.15. The van der Waals surface area contributed by atoms with Crippen LogP contribution in [0.1, 0.15) is 18.7 Å². The zero-order valence-corrected chi connectivity index (χ0v) is 12.1. The Morgan fingerprint density at radius 3 is 2.89 bits per heavy atom. The van der Waals surface area contributed by atoms with E-state index in [0.717, 1.165) is 15.9 Å². The summed E-state index contributed by atoms with van der Waals surface area (Å²) in [6, 6.07) is 11.2. The normalized spacial score (nSPS) is 12.1. The van der Waals surface area contributed by atoms with Gasteiger partial charge < -0.3 is 9.73 Å². The summed E-state index contributed by atoms with van der Waals surface area (Å²) in [5.41, 5.74) is 0.770. The van der Waals surface area contributed by atoms with E-state index in [1.54, 1.807) is 6.26 Å². The number of rotatable bonds is 5. The van der Waals surface area contributed by atoms with E-state index in [1.807, 2.05) is 43.3 Å². The number of benzene rings is 1. The van der Waals surface area contributed by atoms with Gasteiger partial charge in [0, 0.05) is 10.2 Å². The van der Waals surface area contributed by atoms with Crippen LogP contribution in [0.4, 0.5) is 5.69 Å². The first kappa shape index (κ1) is 13.8. The third-order valence-corrected chi connectivity index (χ3v) is 3.14. The molecule has 0 saturated carbocycles. The van der Waals surface area contributed by atoms with E-state index in [2.05, 4.69) is 26.6 Å². The predicted octanol–water partition coefficient (Wildman–Crippen LogP) is 3.33. The molecule has 5 heteroatoms. The highest BCUT2D eigenvalue weighted by atomic mass is 79.9. The fourth-order valence-corrected chi connectivity index (χ4v) is 2.05. The molecule has 2 rings (SSSR count). The second-order valence-corrected chi connectivity index (χ2v) is 5.09. The maximum absolute atomic E-state index is 11.8. The number of nitrogens with one attached hydrogen (secondary N) is 2. The van der Waals surface area contributed by atoms with Crippen molar-refractivity contribution >= 4 is 27.5 Å². The lowest BCUT2D eigenvalue weighted by molar-refractivity contribution is -0.115. The average molecular weight is 323 g/mol. The highest BCUT2D eigenvalue weighted by Crippen LogP contribution is 2.15. The number of furan rings is 1. The molecular formula is C14H15BrN2O2. The summed E-state index contributed by atoms with van der Waals surface area (Å²) in [7, 11) is 0. The maximum Gasteiger partial charge on any atom is 0.238 e. The summed E-state index contributed by atoms with van der Waals surface area (Å²) in [5.74, 6) is 0.728. The van der Waals surface area contributed by atoms with Crippen LogP contribution >= 0.6 is 15.9 Å². The van der Waals surface area contributed by atoms with Gasteiger partial charge in [0.05, 0.1) is 18.8 Å². The fraction of sp³-hybridized carbons (Fsp3) is 0.214. The van der Waals surface area contributed by atoms with Crippen molar-refractivity contribution in [1.82, 2.24) is 5.32 Å². The van der Waals surface area contributed by atoms with Crippen molar-refractivity contribution in [2.75, 3.05) is 11.9 Å². The molecule has 0 aliphatic heterocycles. The highest BCUT2D eigenvalue weighted by Gasteiger charge is 2.09. The topological polar surface area (TPSA) is 54.3 Å². The Morgan fingerprint density at radius 1 is 1.37 bits per heavy atom. The molecule has 2 aromatic rings. The Bertz CT molecular complexity index is 540. The molecule has 0 fully saturated rings. The molecule has 2 N–H and O–H groups in total. The van der Waals surface area contributed by atoms with Gasteiger partial charge in [0.1, 0.15) is 5.76 Å². The van der Waals surface area contributed by atoms with Gasteiger partial charge in [-0.05, 0) is 37.3 Å². The second kappa shape index (κ2) is 6.54. The Hall–Kier alpha value is -1.59. The summed E-state index contributed by atoms with van der Waals surface area (Å²) in [6.07, 6.45) is 1.62. The number of amides is 1. The minimum absolute atomic E-state index is 0.00302. The third kappa shape index (κ3) is 4.22. The van der Waals surface area contributed by atoms with Crippen LogP contribution in [0, 0.1) is 0 Å². The second-order valence-electron chi connectivity index (χ2n) is 4.18. The van der Waals surface area contributed by atoms with E-state index in [-0.39, 0.29) is 18.5 Å². The van der Waals surface area contributed by atoms with Crippen LogP contribution in [-0.2, 0) is 4.79 Å². The van der Waals surface area contributed by atoms with Gasteiger partial charge in [-0.3, -0.25) is 10.1 Å². The molecule has 0 unspecified atom stereocenters. The quantitative estimate of drug-likeness (QED) is 0.887. The first-order valence-electron chi connectivity index (χ1n) is 5.97. The minimum atomic E-state index is -0.0866. The van der Waals surface area contributed by atoms with Crippen LogP contribution in [0.15, 0.2) is 51.6 Å². The molecule has 0 saturated heterocycles. The maximum atomic E-state index is 11.8. The molecule has 1 heterocycles. The number of halogens is 1. The molecule has 4 nitrogen and oxygen atoms in total. The van der Waals surface area contributed by atoms with Gasteiger partial charge >= 0.3 is 0 Å². The summed E-state index contributed by atoms with van der Waals surface area (Å²) in [6.45, 7) is 2.18. The van der Waals surface area contributed by atoms with Crippen LogP contribution in [0.5, 0.6) is 0 Å². The van der Waals surface area contributed by atoms with Gasteiger partial charge in [-0.25, -0.2) is 0 Å². The van der Waals surface area contributed by atoms with Gasteiger partial charge in [-0.1, -0.05) is 22.0 Å². The van der Waals surface area contributed by atoms with Crippen molar-refractivity contribution in [3.05, 3.63) is 52.9 Å². The Labute approximate surface area is 120 Å². The molecular weight excluding hydrogens is 308 g/mol. The number of hydrogen-bond acceptors (Lipinski definition) is 3. The van der Waals surface area contributed by atoms with Crippen molar-refractivity contribution in [1.29, 1.82) is 0 Å². The Balaban J connectivity index is 1.82. The highest BCUT2D eigenvalue weighted by molar-refractivity contribution is 9.10. The number of carbonyl (C=O) groups is 1.